The predicted octanol–water partition coefficient (Wildman–Crippen LogP) is 3.48. The molecule has 0 saturated heterocycles. The Kier molecular flexibility index (Phi) is 5.33. The Morgan fingerprint density at radius 2 is 1.86 bits per heavy atom. The van der Waals surface area contributed by atoms with Crippen LogP contribution < -0.4 is 5.32 Å². The van der Waals surface area contributed by atoms with Gasteiger partial charge < -0.3 is 10.2 Å². The van der Waals surface area contributed by atoms with Crippen molar-refractivity contribution >= 4 is 17.5 Å². The number of carbonyl (C=O) groups excluding carboxylic acids is 2. The van der Waals surface area contributed by atoms with Gasteiger partial charge in [0.2, 0.25) is 5.91 Å². The number of aryl methyl sites for hydroxylation is 2. The van der Waals surface area contributed by atoms with Crippen molar-refractivity contribution in [3.05, 3.63) is 77.6 Å². The molecule has 1 aliphatic heterocycles. The van der Waals surface area contributed by atoms with Crippen LogP contribution in [-0.2, 0) is 11.2 Å². The fraction of sp³-hybridized carbons (Fsp3) is 0.217. The zero-order valence-electron chi connectivity index (χ0n) is 16.3. The third kappa shape index (κ3) is 4.32. The highest BCUT2D eigenvalue weighted by Gasteiger charge is 2.26. The molecule has 0 radical (unpaired) electrons. The second-order valence-electron chi connectivity index (χ2n) is 7.16. The van der Waals surface area contributed by atoms with Crippen molar-refractivity contribution in [2.75, 3.05) is 18.4 Å². The number of amides is 2. The van der Waals surface area contributed by atoms with E-state index in [4.69, 9.17) is 0 Å². The van der Waals surface area contributed by atoms with Crippen LogP contribution in [0, 0.1) is 6.92 Å². The van der Waals surface area contributed by atoms with E-state index in [0.717, 1.165) is 28.9 Å². The van der Waals surface area contributed by atoms with Gasteiger partial charge in [0.15, 0.2) is 5.82 Å². The summed E-state index contributed by atoms with van der Waals surface area (Å²) in [5.41, 5.74) is 3.98. The molecular weight excluding hydrogens is 364 g/mol. The SMILES string of the molecule is Cc1ccc(NC(=O)CN2CCCc3nc(-c4ccccc4)ncc3C2=O)cc1. The molecule has 4 rings (SSSR count). The number of benzene rings is 2. The fourth-order valence-corrected chi connectivity index (χ4v) is 3.38. The van der Waals surface area contributed by atoms with Gasteiger partial charge in [0.05, 0.1) is 11.3 Å². The Morgan fingerprint density at radius 1 is 1.10 bits per heavy atom. The summed E-state index contributed by atoms with van der Waals surface area (Å²) in [6, 6.07) is 17.3. The van der Waals surface area contributed by atoms with Crippen molar-refractivity contribution in [3.63, 3.8) is 0 Å². The molecule has 2 amide bonds. The number of fused-ring (bicyclic) bond motifs is 1. The Bertz CT molecular complexity index is 1030. The number of nitrogens with zero attached hydrogens (tertiary/aromatic N) is 3. The van der Waals surface area contributed by atoms with Crippen LogP contribution in [0.1, 0.15) is 28.0 Å². The highest BCUT2D eigenvalue weighted by atomic mass is 16.2. The average Bonchev–Trinajstić information content (AvgIpc) is 2.89. The van der Waals surface area contributed by atoms with E-state index in [2.05, 4.69) is 15.3 Å². The number of rotatable bonds is 4. The number of hydrogen-bond donors (Lipinski definition) is 1. The van der Waals surface area contributed by atoms with Gasteiger partial charge in [-0.1, -0.05) is 48.0 Å². The molecule has 1 aliphatic rings. The molecule has 0 unspecified atom stereocenters. The number of anilines is 1. The van der Waals surface area contributed by atoms with Gasteiger partial charge in [0, 0.05) is 24.0 Å². The molecule has 0 bridgehead atoms. The Labute approximate surface area is 169 Å². The molecule has 0 fully saturated rings. The summed E-state index contributed by atoms with van der Waals surface area (Å²) in [7, 11) is 0. The van der Waals surface area contributed by atoms with E-state index in [9.17, 15) is 9.59 Å². The lowest BCUT2D eigenvalue weighted by Gasteiger charge is -2.20. The van der Waals surface area contributed by atoms with Crippen LogP contribution in [0.2, 0.25) is 0 Å². The molecule has 2 aromatic carbocycles. The van der Waals surface area contributed by atoms with E-state index in [1.165, 1.54) is 0 Å². The highest BCUT2D eigenvalue weighted by Crippen LogP contribution is 2.21. The maximum Gasteiger partial charge on any atom is 0.257 e. The zero-order valence-corrected chi connectivity index (χ0v) is 16.3. The van der Waals surface area contributed by atoms with Gasteiger partial charge in [0.1, 0.15) is 6.54 Å². The minimum Gasteiger partial charge on any atom is -0.329 e. The third-order valence-electron chi connectivity index (χ3n) is 4.93. The highest BCUT2D eigenvalue weighted by molar-refractivity contribution is 6.00. The molecule has 6 heteroatoms. The Balaban J connectivity index is 1.49. The first kappa shape index (κ1) is 18.8. The van der Waals surface area contributed by atoms with Crippen molar-refractivity contribution in [2.24, 2.45) is 0 Å². The Hall–Kier alpha value is -3.54. The van der Waals surface area contributed by atoms with Gasteiger partial charge >= 0.3 is 0 Å². The summed E-state index contributed by atoms with van der Waals surface area (Å²) < 4.78 is 0. The monoisotopic (exact) mass is 386 g/mol. The fourth-order valence-electron chi connectivity index (χ4n) is 3.38. The standard InChI is InChI=1S/C23H22N4O2/c1-16-9-11-18(12-10-16)25-21(28)15-27-13-5-8-20-19(23(27)29)14-24-22(26-20)17-6-3-2-4-7-17/h2-4,6-7,9-12,14H,5,8,13,15H2,1H3,(H,25,28). The second-order valence-corrected chi connectivity index (χ2v) is 7.16. The maximum absolute atomic E-state index is 13.0. The van der Waals surface area contributed by atoms with Gasteiger partial charge in [-0.3, -0.25) is 9.59 Å². The first-order valence-electron chi connectivity index (χ1n) is 9.67. The first-order chi connectivity index (χ1) is 14.1. The lowest BCUT2D eigenvalue weighted by Crippen LogP contribution is -2.38. The molecule has 29 heavy (non-hydrogen) atoms. The number of hydrogen-bond acceptors (Lipinski definition) is 4. The van der Waals surface area contributed by atoms with Crippen LogP contribution in [0.25, 0.3) is 11.4 Å². The first-order valence-corrected chi connectivity index (χ1v) is 9.67. The summed E-state index contributed by atoms with van der Waals surface area (Å²) in [6.07, 6.45) is 3.02. The molecule has 0 aliphatic carbocycles. The van der Waals surface area contributed by atoms with E-state index in [1.807, 2.05) is 61.5 Å². The van der Waals surface area contributed by atoms with Crippen molar-refractivity contribution in [2.45, 2.75) is 19.8 Å². The van der Waals surface area contributed by atoms with Crippen molar-refractivity contribution in [3.8, 4) is 11.4 Å². The molecule has 0 spiro atoms. The van der Waals surface area contributed by atoms with Crippen LogP contribution in [0.15, 0.2) is 60.8 Å². The van der Waals surface area contributed by atoms with Gasteiger partial charge in [0.25, 0.3) is 5.91 Å². The van der Waals surface area contributed by atoms with E-state index in [-0.39, 0.29) is 18.4 Å². The molecular formula is C23H22N4O2. The number of nitrogens with one attached hydrogen (secondary N) is 1. The summed E-state index contributed by atoms with van der Waals surface area (Å²) >= 11 is 0. The lowest BCUT2D eigenvalue weighted by molar-refractivity contribution is -0.116. The average molecular weight is 386 g/mol. The smallest absolute Gasteiger partial charge is 0.257 e. The van der Waals surface area contributed by atoms with Crippen molar-refractivity contribution in [1.82, 2.24) is 14.9 Å². The van der Waals surface area contributed by atoms with E-state index in [0.29, 0.717) is 24.4 Å². The van der Waals surface area contributed by atoms with Gasteiger partial charge in [-0.05, 0) is 31.9 Å². The molecule has 6 nitrogen and oxygen atoms in total. The third-order valence-corrected chi connectivity index (χ3v) is 4.93. The summed E-state index contributed by atoms with van der Waals surface area (Å²) in [6.45, 7) is 2.51. The number of carbonyl (C=O) groups is 2. The molecule has 1 N–H and O–H groups in total. The van der Waals surface area contributed by atoms with Crippen LogP contribution in [0.4, 0.5) is 5.69 Å². The molecule has 2 heterocycles. The van der Waals surface area contributed by atoms with E-state index >= 15 is 0 Å². The molecule has 146 valence electrons. The van der Waals surface area contributed by atoms with Gasteiger partial charge in [-0.15, -0.1) is 0 Å². The topological polar surface area (TPSA) is 75.2 Å². The van der Waals surface area contributed by atoms with Crippen LogP contribution >= 0.6 is 0 Å². The maximum atomic E-state index is 13.0. The molecule has 1 aromatic heterocycles. The van der Waals surface area contributed by atoms with Gasteiger partial charge in [-0.25, -0.2) is 9.97 Å². The van der Waals surface area contributed by atoms with Crippen molar-refractivity contribution < 1.29 is 9.59 Å². The minimum absolute atomic E-state index is 0.00653. The largest absolute Gasteiger partial charge is 0.329 e. The van der Waals surface area contributed by atoms with Crippen molar-refractivity contribution in [1.29, 1.82) is 0 Å². The van der Waals surface area contributed by atoms with Gasteiger partial charge in [-0.2, -0.15) is 0 Å². The minimum atomic E-state index is -0.215. The summed E-state index contributed by atoms with van der Waals surface area (Å²) in [5, 5.41) is 2.85. The van der Waals surface area contributed by atoms with Crippen LogP contribution in [-0.4, -0.2) is 39.8 Å². The Morgan fingerprint density at radius 3 is 2.62 bits per heavy atom. The van der Waals surface area contributed by atoms with E-state index in [1.54, 1.807) is 11.1 Å². The molecule has 0 saturated carbocycles. The zero-order chi connectivity index (χ0) is 20.2. The number of aromatic nitrogens is 2. The molecule has 0 atom stereocenters. The second kappa shape index (κ2) is 8.22. The summed E-state index contributed by atoms with van der Waals surface area (Å²) in [5.74, 6) is 0.200. The normalized spacial score (nSPS) is 13.6. The predicted molar refractivity (Wildman–Crippen MR) is 112 cm³/mol. The van der Waals surface area contributed by atoms with E-state index < -0.39 is 0 Å². The van der Waals surface area contributed by atoms with Crippen LogP contribution in [0.5, 0.6) is 0 Å². The quantitative estimate of drug-likeness (QED) is 0.745. The lowest BCUT2D eigenvalue weighted by atomic mass is 10.1. The summed E-state index contributed by atoms with van der Waals surface area (Å²) in [4.78, 5) is 36.0. The van der Waals surface area contributed by atoms with Crippen LogP contribution in [0.3, 0.4) is 0 Å². The molecule has 3 aromatic rings.